The van der Waals surface area contributed by atoms with E-state index in [1.165, 1.54) is 15.8 Å². The molecule has 1 fully saturated rings. The van der Waals surface area contributed by atoms with Crippen molar-refractivity contribution in [2.75, 3.05) is 4.90 Å². The third-order valence-electron chi connectivity index (χ3n) is 6.98. The van der Waals surface area contributed by atoms with Gasteiger partial charge in [-0.3, -0.25) is 9.48 Å². The van der Waals surface area contributed by atoms with Crippen molar-refractivity contribution in [2.24, 2.45) is 11.8 Å². The Morgan fingerprint density at radius 2 is 1.88 bits per heavy atom. The van der Waals surface area contributed by atoms with Crippen molar-refractivity contribution in [3.63, 3.8) is 0 Å². The quantitative estimate of drug-likeness (QED) is 0.313. The highest BCUT2D eigenvalue weighted by molar-refractivity contribution is 6.03. The van der Waals surface area contributed by atoms with Crippen LogP contribution in [0.2, 0.25) is 0 Å². The average Bonchev–Trinajstić information content (AvgIpc) is 3.39. The Morgan fingerprint density at radius 3 is 2.45 bits per heavy atom. The maximum Gasteiger partial charge on any atom is 0.421 e. The van der Waals surface area contributed by atoms with E-state index in [1.54, 1.807) is 26.1 Å². The third kappa shape index (κ3) is 6.43. The fourth-order valence-corrected chi connectivity index (χ4v) is 4.90. The van der Waals surface area contributed by atoms with E-state index in [4.69, 9.17) is 4.74 Å². The molecular weight excluding hydrogens is 532 g/mol. The van der Waals surface area contributed by atoms with Gasteiger partial charge in [-0.2, -0.15) is 18.3 Å². The maximum atomic E-state index is 15.3. The predicted molar refractivity (Wildman–Crippen MR) is 138 cm³/mol. The summed E-state index contributed by atoms with van der Waals surface area (Å²) in [5, 5.41) is 13.9. The van der Waals surface area contributed by atoms with E-state index >= 15 is 4.39 Å². The number of halogens is 4. The minimum atomic E-state index is -4.90. The number of carboxylic acid groups (broad SMARTS) is 1. The number of rotatable bonds is 8. The van der Waals surface area contributed by atoms with Crippen molar-refractivity contribution in [3.05, 3.63) is 65.4 Å². The summed E-state index contributed by atoms with van der Waals surface area (Å²) < 4.78 is 63.7. The summed E-state index contributed by atoms with van der Waals surface area (Å²) in [5.74, 6) is -4.49. The molecule has 0 aliphatic heterocycles. The van der Waals surface area contributed by atoms with E-state index in [2.05, 4.69) is 17.0 Å². The van der Waals surface area contributed by atoms with E-state index < -0.39 is 46.8 Å². The number of aromatic carboxylic acids is 1. The summed E-state index contributed by atoms with van der Waals surface area (Å²) in [6, 6.07) is 3.54. The van der Waals surface area contributed by atoms with Gasteiger partial charge in [-0.05, 0) is 63.1 Å². The van der Waals surface area contributed by atoms with E-state index in [9.17, 15) is 27.9 Å². The number of pyridine rings is 1. The van der Waals surface area contributed by atoms with E-state index in [-0.39, 0.29) is 29.6 Å². The molecule has 3 aromatic rings. The zero-order valence-electron chi connectivity index (χ0n) is 22.3. The molecule has 1 aliphatic carbocycles. The molecule has 0 saturated heterocycles. The van der Waals surface area contributed by atoms with Gasteiger partial charge in [0.05, 0.1) is 17.8 Å². The van der Waals surface area contributed by atoms with Crippen molar-refractivity contribution in [1.29, 1.82) is 0 Å². The smallest absolute Gasteiger partial charge is 0.421 e. The van der Waals surface area contributed by atoms with E-state index in [0.29, 0.717) is 18.8 Å². The largest absolute Gasteiger partial charge is 0.478 e. The van der Waals surface area contributed by atoms with Crippen LogP contribution in [0.3, 0.4) is 0 Å². The molecule has 0 atom stereocenters. The predicted octanol–water partition coefficient (Wildman–Crippen LogP) is 6.54. The van der Waals surface area contributed by atoms with Crippen LogP contribution >= 0.6 is 0 Å². The molecule has 1 saturated carbocycles. The first-order valence-corrected chi connectivity index (χ1v) is 13.0. The number of anilines is 1. The lowest BCUT2D eigenvalue weighted by molar-refractivity contribution is -0.139. The van der Waals surface area contributed by atoms with E-state index in [1.807, 2.05) is 0 Å². The molecule has 0 bridgehead atoms. The number of carbonyl (C=O) groups is 2. The molecule has 1 N–H and O–H groups in total. The Balaban J connectivity index is 1.70. The number of carbonyl (C=O) groups excluding carboxylic acids is 1. The highest BCUT2D eigenvalue weighted by atomic mass is 19.4. The zero-order valence-corrected chi connectivity index (χ0v) is 22.3. The van der Waals surface area contributed by atoms with Crippen LogP contribution in [0.5, 0.6) is 11.6 Å². The van der Waals surface area contributed by atoms with Crippen LogP contribution in [-0.4, -0.2) is 37.8 Å². The van der Waals surface area contributed by atoms with Gasteiger partial charge in [-0.25, -0.2) is 14.2 Å². The Kier molecular flexibility index (Phi) is 8.45. The van der Waals surface area contributed by atoms with Crippen LogP contribution in [0, 0.1) is 17.7 Å². The Morgan fingerprint density at radius 1 is 1.18 bits per heavy atom. The first-order chi connectivity index (χ1) is 18.8. The topological polar surface area (TPSA) is 97.6 Å². The fourth-order valence-electron chi connectivity index (χ4n) is 4.90. The van der Waals surface area contributed by atoms with Gasteiger partial charge in [-0.15, -0.1) is 0 Å². The third-order valence-corrected chi connectivity index (χ3v) is 6.98. The molecule has 1 aromatic carbocycles. The first-order valence-electron chi connectivity index (χ1n) is 13.0. The summed E-state index contributed by atoms with van der Waals surface area (Å²) in [4.78, 5) is 30.7. The molecule has 1 amide bonds. The molecule has 40 heavy (non-hydrogen) atoms. The van der Waals surface area contributed by atoms with Crippen molar-refractivity contribution < 1.29 is 37.0 Å². The molecule has 2 aromatic heterocycles. The monoisotopic (exact) mass is 562 g/mol. The zero-order chi connectivity index (χ0) is 29.2. The van der Waals surface area contributed by atoms with Gasteiger partial charge < -0.3 is 14.7 Å². The maximum absolute atomic E-state index is 15.3. The lowest BCUT2D eigenvalue weighted by Crippen LogP contribution is -2.43. The van der Waals surface area contributed by atoms with Crippen LogP contribution in [0.15, 0.2) is 42.9 Å². The standard InChI is InChI=1S/C28H30F4N4O4/c1-16(2)36(26(37)19-7-5-17(3)6-8-19)23-13-22(29)24(12-20(23)27(38)39)40-25-21(28(30,31)32)11-18(14-33-25)15-35-10-4-9-34-35/h4,9-14,16-17,19H,5-8,15H2,1-3H3,(H,38,39). The van der Waals surface area contributed by atoms with Crippen LogP contribution in [0.1, 0.15) is 67.9 Å². The molecule has 0 unspecified atom stereocenters. The van der Waals surface area contributed by atoms with Crippen LogP contribution in [0.25, 0.3) is 0 Å². The van der Waals surface area contributed by atoms with Gasteiger partial charge in [0.2, 0.25) is 11.8 Å². The number of hydrogen-bond acceptors (Lipinski definition) is 5. The molecule has 0 spiro atoms. The molecule has 12 heteroatoms. The highest BCUT2D eigenvalue weighted by Gasteiger charge is 2.37. The lowest BCUT2D eigenvalue weighted by Gasteiger charge is -2.34. The Labute approximate surface area is 228 Å². The van der Waals surface area contributed by atoms with Gasteiger partial charge in [0.15, 0.2) is 11.6 Å². The number of aromatic nitrogens is 3. The normalized spacial score (nSPS) is 17.6. The second kappa shape index (κ2) is 11.6. The van der Waals surface area contributed by atoms with Crippen LogP contribution in [-0.2, 0) is 17.5 Å². The van der Waals surface area contributed by atoms with Crippen molar-refractivity contribution in [2.45, 2.75) is 65.2 Å². The SMILES string of the molecule is CC1CCC(C(=O)N(c2cc(F)c(Oc3ncc(Cn4cccn4)cc3C(F)(F)F)cc2C(=O)O)C(C)C)CC1. The molecule has 8 nitrogen and oxygen atoms in total. The second-order valence-corrected chi connectivity index (χ2v) is 10.4. The number of amides is 1. The number of nitrogens with zero attached hydrogens (tertiary/aromatic N) is 4. The Bertz CT molecular complexity index is 1370. The molecule has 2 heterocycles. The summed E-state index contributed by atoms with van der Waals surface area (Å²) in [6.45, 7) is 5.47. The second-order valence-electron chi connectivity index (χ2n) is 10.4. The van der Waals surface area contributed by atoms with Gasteiger partial charge >= 0.3 is 12.1 Å². The van der Waals surface area contributed by atoms with Crippen LogP contribution in [0.4, 0.5) is 23.2 Å². The van der Waals surface area contributed by atoms with E-state index in [0.717, 1.165) is 37.2 Å². The number of ether oxygens (including phenoxy) is 1. The van der Waals surface area contributed by atoms with Crippen molar-refractivity contribution in [3.8, 4) is 11.6 Å². The molecule has 4 rings (SSSR count). The number of alkyl halides is 3. The summed E-state index contributed by atoms with van der Waals surface area (Å²) in [6.07, 6.45) is 2.27. The number of hydrogen-bond donors (Lipinski definition) is 1. The Hall–Kier alpha value is -3.96. The molecule has 214 valence electrons. The molecular formula is C28H30F4N4O4. The fraction of sp³-hybridized carbons (Fsp3) is 0.429. The van der Waals surface area contributed by atoms with Crippen molar-refractivity contribution in [1.82, 2.24) is 14.8 Å². The summed E-state index contributed by atoms with van der Waals surface area (Å²) >= 11 is 0. The lowest BCUT2D eigenvalue weighted by atomic mass is 9.82. The van der Waals surface area contributed by atoms with Gasteiger partial charge in [0.1, 0.15) is 5.56 Å². The summed E-state index contributed by atoms with van der Waals surface area (Å²) in [5.41, 5.74) is -1.75. The number of carboxylic acids is 1. The minimum Gasteiger partial charge on any atom is -0.478 e. The summed E-state index contributed by atoms with van der Waals surface area (Å²) in [7, 11) is 0. The van der Waals surface area contributed by atoms with Gasteiger partial charge in [0, 0.05) is 42.7 Å². The van der Waals surface area contributed by atoms with Crippen molar-refractivity contribution >= 4 is 17.6 Å². The number of benzene rings is 1. The minimum absolute atomic E-state index is 0.00848. The average molecular weight is 563 g/mol. The molecule has 0 radical (unpaired) electrons. The van der Waals surface area contributed by atoms with Crippen LogP contribution < -0.4 is 9.64 Å². The highest BCUT2D eigenvalue weighted by Crippen LogP contribution is 2.40. The van der Waals surface area contributed by atoms with Gasteiger partial charge in [-0.1, -0.05) is 6.92 Å². The first kappa shape index (κ1) is 29.0. The molecule has 1 aliphatic rings. The van der Waals surface area contributed by atoms with Gasteiger partial charge in [0.25, 0.3) is 0 Å².